The molecule has 0 aliphatic heterocycles. The molecule has 2 N–H and O–H groups in total. The fraction of sp³-hybridized carbons (Fsp3) is 0.0909. The van der Waals surface area contributed by atoms with E-state index in [1.165, 1.54) is 0 Å². The number of rotatable bonds is 2. The Labute approximate surface area is 96.3 Å². The van der Waals surface area contributed by atoms with Crippen LogP contribution in [0.1, 0.15) is 11.1 Å². The molecule has 3 nitrogen and oxygen atoms in total. The predicted molar refractivity (Wildman–Crippen MR) is 63.0 cm³/mol. The third-order valence-corrected chi connectivity index (χ3v) is 2.29. The van der Waals surface area contributed by atoms with E-state index in [-0.39, 0.29) is 16.0 Å². The van der Waals surface area contributed by atoms with Crippen LogP contribution in [0.15, 0.2) is 29.8 Å². The number of benzene rings is 1. The van der Waals surface area contributed by atoms with Gasteiger partial charge in [0.05, 0.1) is 0 Å². The minimum absolute atomic E-state index is 0.0705. The first-order chi connectivity index (χ1) is 7.06. The smallest absolute Gasteiger partial charge is 0.143 e. The Balaban J connectivity index is 3.24. The van der Waals surface area contributed by atoms with Crippen molar-refractivity contribution in [2.75, 3.05) is 0 Å². The third-order valence-electron chi connectivity index (χ3n) is 1.89. The van der Waals surface area contributed by atoms with Crippen molar-refractivity contribution in [2.24, 2.45) is 0 Å². The van der Waals surface area contributed by atoms with Crippen molar-refractivity contribution in [2.45, 2.75) is 6.92 Å². The van der Waals surface area contributed by atoms with Crippen molar-refractivity contribution < 1.29 is 5.11 Å². The highest BCUT2D eigenvalue weighted by Crippen LogP contribution is 2.18. The molecule has 0 heterocycles. The first kappa shape index (κ1) is 11.5. The molecule has 0 aliphatic rings. The summed E-state index contributed by atoms with van der Waals surface area (Å²) in [6, 6.07) is 8.85. The van der Waals surface area contributed by atoms with Crippen molar-refractivity contribution in [3.05, 3.63) is 41.0 Å². The molecule has 1 aromatic carbocycles. The van der Waals surface area contributed by atoms with Gasteiger partial charge in [-0.3, -0.25) is 5.41 Å². The topological polar surface area (TPSA) is 67.9 Å². The molecule has 15 heavy (non-hydrogen) atoms. The lowest BCUT2D eigenvalue weighted by atomic mass is 10.1. The molecule has 76 valence electrons. The number of halogens is 1. The van der Waals surface area contributed by atoms with Gasteiger partial charge in [-0.1, -0.05) is 29.8 Å². The van der Waals surface area contributed by atoms with Crippen molar-refractivity contribution in [3.63, 3.8) is 0 Å². The summed E-state index contributed by atoms with van der Waals surface area (Å²) in [7, 11) is 0. The molecule has 4 heteroatoms. The number of nitrogens with one attached hydrogen (secondary N) is 1. The van der Waals surface area contributed by atoms with Crippen molar-refractivity contribution in [3.8, 4) is 6.07 Å². The van der Waals surface area contributed by atoms with Gasteiger partial charge < -0.3 is 5.11 Å². The molecule has 0 spiro atoms. The minimum Gasteiger partial charge on any atom is -0.506 e. The third kappa shape index (κ3) is 2.67. The summed E-state index contributed by atoms with van der Waals surface area (Å²) >= 11 is 2.86. The SMILES string of the molecule is Cc1ccc(/C(O)=C(\C#N)C(=N)Br)cc1. The Hall–Kier alpha value is -1.60. The van der Waals surface area contributed by atoms with Crippen molar-refractivity contribution in [1.82, 2.24) is 0 Å². The molecule has 0 atom stereocenters. The van der Waals surface area contributed by atoms with Gasteiger partial charge in [-0.05, 0) is 22.9 Å². The van der Waals surface area contributed by atoms with E-state index in [1.54, 1.807) is 18.2 Å². The number of hydrogen-bond donors (Lipinski definition) is 2. The maximum atomic E-state index is 9.73. The van der Waals surface area contributed by atoms with Gasteiger partial charge in [-0.25, -0.2) is 0 Å². The van der Waals surface area contributed by atoms with Crippen molar-refractivity contribution in [1.29, 1.82) is 10.7 Å². The summed E-state index contributed by atoms with van der Waals surface area (Å²) in [5.74, 6) is -0.181. The van der Waals surface area contributed by atoms with E-state index in [1.807, 2.05) is 19.1 Å². The van der Waals surface area contributed by atoms with E-state index < -0.39 is 0 Å². The van der Waals surface area contributed by atoms with Crippen LogP contribution in [-0.2, 0) is 0 Å². The first-order valence-corrected chi connectivity index (χ1v) is 5.00. The van der Waals surface area contributed by atoms with Gasteiger partial charge in [0, 0.05) is 5.56 Å². The lowest BCUT2D eigenvalue weighted by Crippen LogP contribution is -1.95. The summed E-state index contributed by atoms with van der Waals surface area (Å²) in [5, 5.41) is 25.7. The van der Waals surface area contributed by atoms with E-state index in [2.05, 4.69) is 15.9 Å². The lowest BCUT2D eigenvalue weighted by molar-refractivity contribution is 0.510. The molecular formula is C11H9BrN2O. The Morgan fingerprint density at radius 2 is 1.93 bits per heavy atom. The molecule has 0 aromatic heterocycles. The average molecular weight is 265 g/mol. The monoisotopic (exact) mass is 264 g/mol. The molecule has 0 fully saturated rings. The molecular weight excluding hydrogens is 256 g/mol. The molecule has 0 saturated carbocycles. The average Bonchev–Trinajstić information content (AvgIpc) is 2.19. The number of nitriles is 1. The number of aliphatic hydroxyl groups is 1. The van der Waals surface area contributed by atoms with E-state index >= 15 is 0 Å². The first-order valence-electron chi connectivity index (χ1n) is 4.21. The van der Waals surface area contributed by atoms with Gasteiger partial charge in [0.2, 0.25) is 0 Å². The van der Waals surface area contributed by atoms with E-state index in [0.717, 1.165) is 5.56 Å². The zero-order valence-corrected chi connectivity index (χ0v) is 9.67. The number of hydrogen-bond acceptors (Lipinski definition) is 3. The minimum atomic E-state index is -0.181. The van der Waals surface area contributed by atoms with Crippen LogP contribution < -0.4 is 0 Å². The Morgan fingerprint density at radius 1 is 1.40 bits per heavy atom. The van der Waals surface area contributed by atoms with Gasteiger partial charge >= 0.3 is 0 Å². The molecule has 0 radical (unpaired) electrons. The van der Waals surface area contributed by atoms with Gasteiger partial charge in [0.25, 0.3) is 0 Å². The second kappa shape index (κ2) is 4.76. The Morgan fingerprint density at radius 3 is 2.33 bits per heavy atom. The number of aryl methyl sites for hydroxylation is 1. The highest BCUT2D eigenvalue weighted by molar-refractivity contribution is 9.18. The van der Waals surface area contributed by atoms with Crippen LogP contribution in [0.5, 0.6) is 0 Å². The van der Waals surface area contributed by atoms with Crippen LogP contribution >= 0.6 is 15.9 Å². The van der Waals surface area contributed by atoms with Crippen LogP contribution in [0.3, 0.4) is 0 Å². The number of allylic oxidation sites excluding steroid dienone is 1. The van der Waals surface area contributed by atoms with Crippen LogP contribution in [0, 0.1) is 23.7 Å². The van der Waals surface area contributed by atoms with Gasteiger partial charge in [-0.15, -0.1) is 0 Å². The van der Waals surface area contributed by atoms with E-state index in [4.69, 9.17) is 10.7 Å². The van der Waals surface area contributed by atoms with Crippen LogP contribution in [0.4, 0.5) is 0 Å². The number of aliphatic hydroxyl groups excluding tert-OH is 1. The molecule has 1 rings (SSSR count). The standard InChI is InChI=1S/C11H9BrN2O/c1-7-2-4-8(5-3-7)10(15)9(6-13)11(12)14/h2-5,14-15H,1H3/b10-9-,14-11?. The van der Waals surface area contributed by atoms with Crippen LogP contribution in [0.2, 0.25) is 0 Å². The summed E-state index contributed by atoms with van der Waals surface area (Å²) in [6.07, 6.45) is 0. The Kier molecular flexibility index (Phi) is 3.64. The molecule has 0 aliphatic carbocycles. The quantitative estimate of drug-likeness (QED) is 0.490. The fourth-order valence-corrected chi connectivity index (χ4v) is 1.34. The zero-order chi connectivity index (χ0) is 11.4. The zero-order valence-electron chi connectivity index (χ0n) is 8.08. The van der Waals surface area contributed by atoms with Crippen LogP contribution in [0.25, 0.3) is 5.76 Å². The summed E-state index contributed by atoms with van der Waals surface area (Å²) < 4.78 is -0.122. The highest BCUT2D eigenvalue weighted by atomic mass is 79.9. The molecule has 0 unspecified atom stereocenters. The molecule has 0 bridgehead atoms. The van der Waals surface area contributed by atoms with Crippen molar-refractivity contribution >= 4 is 26.3 Å². The van der Waals surface area contributed by atoms with Gasteiger partial charge in [-0.2, -0.15) is 5.26 Å². The van der Waals surface area contributed by atoms with Gasteiger partial charge in [0.1, 0.15) is 22.0 Å². The molecule has 0 saturated heterocycles. The van der Waals surface area contributed by atoms with Crippen LogP contribution in [-0.4, -0.2) is 9.73 Å². The second-order valence-electron chi connectivity index (χ2n) is 3.02. The fourth-order valence-electron chi connectivity index (χ4n) is 1.06. The lowest BCUT2D eigenvalue weighted by Gasteiger charge is -2.02. The summed E-state index contributed by atoms with van der Waals surface area (Å²) in [5.41, 5.74) is 1.53. The highest BCUT2D eigenvalue weighted by Gasteiger charge is 2.10. The van der Waals surface area contributed by atoms with Gasteiger partial charge in [0.15, 0.2) is 0 Å². The molecule has 0 amide bonds. The largest absolute Gasteiger partial charge is 0.506 e. The normalized spacial score (nSPS) is 11.5. The summed E-state index contributed by atoms with van der Waals surface area (Å²) in [6.45, 7) is 1.93. The Bertz CT molecular complexity index is 454. The number of nitrogens with zero attached hydrogens (tertiary/aromatic N) is 1. The second-order valence-corrected chi connectivity index (χ2v) is 3.81. The predicted octanol–water partition coefficient (Wildman–Crippen LogP) is 3.16. The van der Waals surface area contributed by atoms with E-state index in [0.29, 0.717) is 5.56 Å². The van der Waals surface area contributed by atoms with E-state index in [9.17, 15) is 5.11 Å². The summed E-state index contributed by atoms with van der Waals surface area (Å²) in [4.78, 5) is 0. The maximum Gasteiger partial charge on any atom is 0.143 e. The maximum absolute atomic E-state index is 9.73. The molecule has 1 aromatic rings.